The average molecular weight is 601 g/mol. The number of rotatable bonds is 11. The van der Waals surface area contributed by atoms with Crippen molar-refractivity contribution in [2.45, 2.75) is 76.2 Å². The summed E-state index contributed by atoms with van der Waals surface area (Å²) in [6.07, 6.45) is -1.43. The first-order valence-electron chi connectivity index (χ1n) is 14.8. The van der Waals surface area contributed by atoms with Gasteiger partial charge in [0, 0.05) is 0 Å². The second-order valence-corrected chi connectivity index (χ2v) is 15.9. The van der Waals surface area contributed by atoms with E-state index in [0.29, 0.717) is 17.8 Å². The van der Waals surface area contributed by atoms with E-state index in [1.54, 1.807) is 4.57 Å². The number of imidazole rings is 1. The highest BCUT2D eigenvalue weighted by molar-refractivity contribution is 6.87. The Hall–Kier alpha value is -3.79. The lowest BCUT2D eigenvalue weighted by Crippen LogP contribution is -2.48. The van der Waals surface area contributed by atoms with Gasteiger partial charge in [0.15, 0.2) is 23.3 Å². The van der Waals surface area contributed by atoms with Crippen molar-refractivity contribution in [1.29, 1.82) is 0 Å². The van der Waals surface area contributed by atoms with Crippen LogP contribution in [0.1, 0.15) is 38.1 Å². The summed E-state index contributed by atoms with van der Waals surface area (Å²) in [5.74, 6) is 3.66. The van der Waals surface area contributed by atoms with Crippen molar-refractivity contribution in [3.63, 3.8) is 0 Å². The Morgan fingerprint density at radius 3 is 2.21 bits per heavy atom. The molecule has 0 amide bonds. The Morgan fingerprint density at radius 1 is 0.953 bits per heavy atom. The second kappa shape index (κ2) is 13.2. The van der Waals surface area contributed by atoms with Crippen LogP contribution in [0.15, 0.2) is 67.0 Å². The third kappa shape index (κ3) is 6.44. The third-order valence-corrected chi connectivity index (χ3v) is 13.1. The van der Waals surface area contributed by atoms with Gasteiger partial charge in [-0.15, -0.1) is 5.54 Å². The molecule has 10 nitrogen and oxygen atoms in total. The first-order valence-corrected chi connectivity index (χ1v) is 17.4. The fraction of sp³-hybridized carbons (Fsp3) is 0.406. The molecule has 5 N–H and O–H groups in total. The van der Waals surface area contributed by atoms with Crippen LogP contribution in [0.2, 0.25) is 18.1 Å². The minimum absolute atomic E-state index is 0.00187. The number of aliphatic hydroxyl groups excluding tert-OH is 1. The van der Waals surface area contributed by atoms with Crippen LogP contribution in [0, 0.1) is 11.5 Å². The summed E-state index contributed by atoms with van der Waals surface area (Å²) in [4.78, 5) is 12.8. The number of benzene rings is 2. The van der Waals surface area contributed by atoms with Crippen molar-refractivity contribution in [3.8, 4) is 11.5 Å². The van der Waals surface area contributed by atoms with E-state index in [1.165, 1.54) is 6.33 Å². The standard InChI is InChI=1S/C32H40N6O4Si/c1-4-43(5-2,6-3)18-17-32(21-40-19-23-13-9-7-10-14-23)27(41-20-24-15-11-8-12-16-24)26(39)30(42-32)38-22-35-25-28(33)36-31(34)37-29(25)38/h7-16,22,26-27,30,39H,4-6,19-21H2,1-3H3,(H4,33,34,36,37)/t26-,27+,30-,32-/m1/s1. The van der Waals surface area contributed by atoms with Crippen LogP contribution in [0.5, 0.6) is 0 Å². The summed E-state index contributed by atoms with van der Waals surface area (Å²) in [5, 5.41) is 11.9. The fourth-order valence-electron chi connectivity index (χ4n) is 5.54. The Labute approximate surface area is 253 Å². The van der Waals surface area contributed by atoms with Crippen LogP contribution in [-0.2, 0) is 27.4 Å². The van der Waals surface area contributed by atoms with E-state index in [0.717, 1.165) is 29.3 Å². The molecule has 0 unspecified atom stereocenters. The van der Waals surface area contributed by atoms with E-state index in [-0.39, 0.29) is 25.0 Å². The molecule has 1 aliphatic heterocycles. The zero-order chi connectivity index (χ0) is 30.5. The quantitative estimate of drug-likeness (QED) is 0.168. The summed E-state index contributed by atoms with van der Waals surface area (Å²) >= 11 is 0. The lowest BCUT2D eigenvalue weighted by molar-refractivity contribution is -0.123. The van der Waals surface area contributed by atoms with Gasteiger partial charge in [-0.3, -0.25) is 4.57 Å². The first-order chi connectivity index (χ1) is 20.8. The van der Waals surface area contributed by atoms with Crippen molar-refractivity contribution in [2.75, 3.05) is 18.1 Å². The molecule has 0 saturated carbocycles. The fourth-order valence-corrected chi connectivity index (χ4v) is 8.04. The van der Waals surface area contributed by atoms with Gasteiger partial charge in [-0.25, -0.2) is 4.98 Å². The smallest absolute Gasteiger partial charge is 0.224 e. The molecule has 0 radical (unpaired) electrons. The number of hydrogen-bond acceptors (Lipinski definition) is 9. The van der Waals surface area contributed by atoms with Crippen molar-refractivity contribution in [1.82, 2.24) is 19.5 Å². The summed E-state index contributed by atoms with van der Waals surface area (Å²) in [5.41, 5.74) is 17.1. The van der Waals surface area contributed by atoms with E-state index in [4.69, 9.17) is 25.7 Å². The molecule has 2 aromatic carbocycles. The number of aliphatic hydroxyl groups is 1. The summed E-state index contributed by atoms with van der Waals surface area (Å²) < 4.78 is 21.2. The lowest BCUT2D eigenvalue weighted by Gasteiger charge is -2.31. The monoisotopic (exact) mass is 600 g/mol. The van der Waals surface area contributed by atoms with Crippen molar-refractivity contribution in [3.05, 3.63) is 78.1 Å². The molecule has 11 heteroatoms. The van der Waals surface area contributed by atoms with Crippen molar-refractivity contribution >= 4 is 31.0 Å². The molecule has 1 fully saturated rings. The zero-order valence-corrected chi connectivity index (χ0v) is 25.9. The number of aromatic nitrogens is 4. The Kier molecular flexibility index (Phi) is 9.44. The highest BCUT2D eigenvalue weighted by Crippen LogP contribution is 2.41. The molecule has 3 heterocycles. The van der Waals surface area contributed by atoms with E-state index >= 15 is 0 Å². The normalized spacial score (nSPS) is 22.0. The van der Waals surface area contributed by atoms with Gasteiger partial charge in [0.05, 0.1) is 26.1 Å². The topological polar surface area (TPSA) is 144 Å². The van der Waals surface area contributed by atoms with Crippen LogP contribution < -0.4 is 11.5 Å². The van der Waals surface area contributed by atoms with E-state index in [1.807, 2.05) is 60.7 Å². The molecule has 0 aliphatic carbocycles. The Bertz CT molecular complexity index is 1560. The van der Waals surface area contributed by atoms with Crippen molar-refractivity contribution < 1.29 is 19.3 Å². The van der Waals surface area contributed by atoms with Crippen molar-refractivity contribution in [2.24, 2.45) is 0 Å². The number of nitrogen functional groups attached to an aromatic ring is 2. The minimum Gasteiger partial charge on any atom is -0.386 e. The predicted molar refractivity (Wildman–Crippen MR) is 169 cm³/mol. The number of hydrogen-bond donors (Lipinski definition) is 3. The predicted octanol–water partition coefficient (Wildman–Crippen LogP) is 4.47. The van der Waals surface area contributed by atoms with Gasteiger partial charge in [0.2, 0.25) is 5.95 Å². The second-order valence-electron chi connectivity index (χ2n) is 11.0. The lowest BCUT2D eigenvalue weighted by atomic mass is 9.96. The molecule has 5 rings (SSSR count). The Balaban J connectivity index is 1.58. The van der Waals surface area contributed by atoms with Crippen LogP contribution in [0.3, 0.4) is 0 Å². The molecular weight excluding hydrogens is 560 g/mol. The molecule has 4 aromatic rings. The van der Waals surface area contributed by atoms with Gasteiger partial charge in [0.25, 0.3) is 0 Å². The van der Waals surface area contributed by atoms with Gasteiger partial charge >= 0.3 is 0 Å². The van der Waals surface area contributed by atoms with E-state index in [2.05, 4.69) is 47.2 Å². The van der Waals surface area contributed by atoms with Crippen LogP contribution >= 0.6 is 0 Å². The molecule has 1 saturated heterocycles. The molecule has 43 heavy (non-hydrogen) atoms. The highest BCUT2D eigenvalue weighted by Gasteiger charge is 2.56. The van der Waals surface area contributed by atoms with E-state index in [9.17, 15) is 5.11 Å². The van der Waals surface area contributed by atoms with Gasteiger partial charge in [0.1, 0.15) is 25.8 Å². The molecule has 2 aromatic heterocycles. The summed E-state index contributed by atoms with van der Waals surface area (Å²) in [7, 11) is -1.93. The van der Waals surface area contributed by atoms with Gasteiger partial charge in [-0.05, 0) is 29.3 Å². The SMILES string of the molecule is CC[Si](C#C[C@]1(COCc2ccccc2)O[C@@H](n2cnc3c(N)nc(N)nc32)[C@H](O)[C@@H]1OCc1ccccc1)(CC)CC. The molecule has 0 bridgehead atoms. The molecular formula is C32H40N6O4Si. The number of fused-ring (bicyclic) bond motifs is 1. The maximum absolute atomic E-state index is 11.9. The Morgan fingerprint density at radius 2 is 1.58 bits per heavy atom. The van der Waals surface area contributed by atoms with Gasteiger partial charge < -0.3 is 30.8 Å². The largest absolute Gasteiger partial charge is 0.386 e. The maximum Gasteiger partial charge on any atom is 0.224 e. The van der Waals surface area contributed by atoms with Gasteiger partial charge in [-0.1, -0.05) is 87.4 Å². The van der Waals surface area contributed by atoms with Gasteiger partial charge in [-0.2, -0.15) is 9.97 Å². The molecule has 1 aliphatic rings. The minimum atomic E-state index is -1.93. The number of anilines is 2. The van der Waals surface area contributed by atoms with E-state index < -0.39 is 32.1 Å². The van der Waals surface area contributed by atoms with Crippen LogP contribution in [0.25, 0.3) is 11.2 Å². The van der Waals surface area contributed by atoms with Crippen LogP contribution in [0.4, 0.5) is 11.8 Å². The molecule has 4 atom stereocenters. The molecule has 0 spiro atoms. The maximum atomic E-state index is 11.9. The average Bonchev–Trinajstić information content (AvgIpc) is 3.56. The number of ether oxygens (including phenoxy) is 3. The first kappa shape index (κ1) is 30.7. The third-order valence-electron chi connectivity index (χ3n) is 8.40. The summed E-state index contributed by atoms with van der Waals surface area (Å²) in [6.45, 7) is 7.30. The molecule has 226 valence electrons. The number of nitrogens with two attached hydrogens (primary N) is 2. The zero-order valence-electron chi connectivity index (χ0n) is 24.9. The van der Waals surface area contributed by atoms with Crippen LogP contribution in [-0.4, -0.2) is 57.1 Å². The number of nitrogens with zero attached hydrogens (tertiary/aromatic N) is 4. The summed E-state index contributed by atoms with van der Waals surface area (Å²) in [6, 6.07) is 22.8. The highest BCUT2D eigenvalue weighted by atomic mass is 28.3.